The van der Waals surface area contributed by atoms with Gasteiger partial charge >= 0.3 is 6.03 Å². The topological polar surface area (TPSA) is 50.8 Å². The summed E-state index contributed by atoms with van der Waals surface area (Å²) >= 11 is 18.7. The van der Waals surface area contributed by atoms with Gasteiger partial charge in [-0.1, -0.05) is 59.1 Å². The Bertz CT molecular complexity index is 1090. The van der Waals surface area contributed by atoms with Crippen LogP contribution in [0.5, 0.6) is 11.5 Å². The molecule has 0 unspecified atom stereocenters. The van der Waals surface area contributed by atoms with Crippen LogP contribution in [0.1, 0.15) is 11.1 Å². The molecule has 0 atom stereocenters. The molecule has 0 aliphatic rings. The molecule has 8 heteroatoms. The zero-order valence-electron chi connectivity index (χ0n) is 17.7. The molecule has 1 N–H and O–H groups in total. The molecule has 0 saturated heterocycles. The van der Waals surface area contributed by atoms with E-state index in [1.54, 1.807) is 48.4 Å². The van der Waals surface area contributed by atoms with Gasteiger partial charge in [-0.2, -0.15) is 0 Å². The molecule has 3 rings (SSSR count). The molecule has 5 nitrogen and oxygen atoms in total. The van der Waals surface area contributed by atoms with Gasteiger partial charge in [-0.05, 0) is 47.9 Å². The highest BCUT2D eigenvalue weighted by Crippen LogP contribution is 2.30. The van der Waals surface area contributed by atoms with Gasteiger partial charge in [0.2, 0.25) is 0 Å². The molecule has 0 spiro atoms. The smallest absolute Gasteiger partial charge is 0.322 e. The summed E-state index contributed by atoms with van der Waals surface area (Å²) in [6, 6.07) is 17.7. The number of urea groups is 1. The quantitative estimate of drug-likeness (QED) is 0.370. The van der Waals surface area contributed by atoms with Crippen molar-refractivity contribution < 1.29 is 14.3 Å². The first-order chi connectivity index (χ1) is 15.4. The van der Waals surface area contributed by atoms with E-state index in [2.05, 4.69) is 5.32 Å². The summed E-state index contributed by atoms with van der Waals surface area (Å²) in [6.45, 7) is 0.742. The number of rotatable bonds is 8. The van der Waals surface area contributed by atoms with E-state index in [9.17, 15) is 4.79 Å². The number of benzene rings is 3. The van der Waals surface area contributed by atoms with Crippen molar-refractivity contribution in [3.63, 3.8) is 0 Å². The molecule has 168 valence electrons. The van der Waals surface area contributed by atoms with E-state index in [1.807, 2.05) is 24.3 Å². The highest BCUT2D eigenvalue weighted by atomic mass is 35.5. The third-order valence-corrected chi connectivity index (χ3v) is 5.88. The Labute approximate surface area is 202 Å². The first kappa shape index (κ1) is 24.1. The normalized spacial score (nSPS) is 10.5. The second-order valence-corrected chi connectivity index (χ2v) is 8.25. The molecule has 0 bridgehead atoms. The predicted molar refractivity (Wildman–Crippen MR) is 131 cm³/mol. The SMILES string of the molecule is COc1ccc(NC(=O)N(CCc2ccc(Cl)cc2Cl)Cc2ccccc2Cl)c(OC)c1. The summed E-state index contributed by atoms with van der Waals surface area (Å²) in [6.07, 6.45) is 0.549. The zero-order valence-corrected chi connectivity index (χ0v) is 20.0. The summed E-state index contributed by atoms with van der Waals surface area (Å²) in [5.74, 6) is 1.13. The average molecular weight is 494 g/mol. The molecule has 3 aromatic rings. The number of carbonyl (C=O) groups is 1. The van der Waals surface area contributed by atoms with E-state index < -0.39 is 0 Å². The number of halogens is 3. The van der Waals surface area contributed by atoms with Crippen LogP contribution in [0.4, 0.5) is 10.5 Å². The number of methoxy groups -OCH3 is 2. The minimum absolute atomic E-state index is 0.293. The van der Waals surface area contributed by atoms with Crippen molar-refractivity contribution >= 4 is 46.5 Å². The first-order valence-electron chi connectivity index (χ1n) is 9.86. The standard InChI is InChI=1S/C24H23Cl3N2O3/c1-31-19-9-10-22(23(14-19)32-2)28-24(30)29(15-17-5-3-4-6-20(17)26)12-11-16-7-8-18(25)13-21(16)27/h3-10,13-14H,11-12,15H2,1-2H3,(H,28,30). The predicted octanol–water partition coefficient (Wildman–Crippen LogP) is 6.94. The molecule has 0 aliphatic carbocycles. The van der Waals surface area contributed by atoms with E-state index in [0.717, 1.165) is 11.1 Å². The van der Waals surface area contributed by atoms with Crippen LogP contribution < -0.4 is 14.8 Å². The van der Waals surface area contributed by atoms with Crippen LogP contribution in [0.25, 0.3) is 0 Å². The lowest BCUT2D eigenvalue weighted by Gasteiger charge is -2.24. The van der Waals surface area contributed by atoms with Crippen molar-refractivity contribution in [2.24, 2.45) is 0 Å². The van der Waals surface area contributed by atoms with Gasteiger partial charge in [-0.25, -0.2) is 4.79 Å². The van der Waals surface area contributed by atoms with Crippen LogP contribution in [-0.2, 0) is 13.0 Å². The fourth-order valence-corrected chi connectivity index (χ4v) is 3.86. The summed E-state index contributed by atoms with van der Waals surface area (Å²) in [5, 5.41) is 4.64. The maximum Gasteiger partial charge on any atom is 0.322 e. The number of hydrogen-bond acceptors (Lipinski definition) is 3. The zero-order chi connectivity index (χ0) is 23.1. The third kappa shape index (κ3) is 6.22. The highest BCUT2D eigenvalue weighted by molar-refractivity contribution is 6.35. The number of ether oxygens (including phenoxy) is 2. The van der Waals surface area contributed by atoms with Crippen LogP contribution in [0.15, 0.2) is 60.7 Å². The third-order valence-electron chi connectivity index (χ3n) is 4.92. The van der Waals surface area contributed by atoms with Crippen LogP contribution in [-0.4, -0.2) is 31.7 Å². The lowest BCUT2D eigenvalue weighted by molar-refractivity contribution is 0.209. The van der Waals surface area contributed by atoms with Gasteiger partial charge in [-0.15, -0.1) is 0 Å². The van der Waals surface area contributed by atoms with Crippen molar-refractivity contribution in [2.45, 2.75) is 13.0 Å². The Hall–Kier alpha value is -2.60. The molecular formula is C24H23Cl3N2O3. The first-order valence-corrected chi connectivity index (χ1v) is 11.0. The lowest BCUT2D eigenvalue weighted by Crippen LogP contribution is -2.36. The van der Waals surface area contributed by atoms with Gasteiger partial charge in [-0.3, -0.25) is 0 Å². The van der Waals surface area contributed by atoms with Crippen LogP contribution >= 0.6 is 34.8 Å². The van der Waals surface area contributed by atoms with Crippen LogP contribution in [0.3, 0.4) is 0 Å². The van der Waals surface area contributed by atoms with E-state index >= 15 is 0 Å². The van der Waals surface area contributed by atoms with Gasteiger partial charge in [0.1, 0.15) is 11.5 Å². The van der Waals surface area contributed by atoms with Crippen LogP contribution in [0.2, 0.25) is 15.1 Å². The number of nitrogens with zero attached hydrogens (tertiary/aromatic N) is 1. The number of hydrogen-bond donors (Lipinski definition) is 1. The van der Waals surface area contributed by atoms with Crippen molar-refractivity contribution in [2.75, 3.05) is 26.1 Å². The van der Waals surface area contributed by atoms with Gasteiger partial charge in [0.05, 0.1) is 19.9 Å². The largest absolute Gasteiger partial charge is 0.497 e. The van der Waals surface area contributed by atoms with Gasteiger partial charge < -0.3 is 19.7 Å². The maximum absolute atomic E-state index is 13.2. The minimum Gasteiger partial charge on any atom is -0.497 e. The van der Waals surface area contributed by atoms with E-state index in [1.165, 1.54) is 7.11 Å². The fourth-order valence-electron chi connectivity index (χ4n) is 3.16. The molecular weight excluding hydrogens is 471 g/mol. The molecule has 0 radical (unpaired) electrons. The average Bonchev–Trinajstić information content (AvgIpc) is 2.79. The Morgan fingerprint density at radius 2 is 1.69 bits per heavy atom. The minimum atomic E-state index is -0.293. The van der Waals surface area contributed by atoms with Crippen molar-refractivity contribution in [1.82, 2.24) is 4.90 Å². The summed E-state index contributed by atoms with van der Waals surface area (Å²) in [5.41, 5.74) is 2.27. The number of amides is 2. The highest BCUT2D eigenvalue weighted by Gasteiger charge is 2.18. The number of nitrogens with one attached hydrogen (secondary N) is 1. The van der Waals surface area contributed by atoms with Gasteiger partial charge in [0.25, 0.3) is 0 Å². The summed E-state index contributed by atoms with van der Waals surface area (Å²) in [7, 11) is 3.11. The second kappa shape index (κ2) is 11.3. The fraction of sp³-hybridized carbons (Fsp3) is 0.208. The molecule has 2 amide bonds. The van der Waals surface area contributed by atoms with Gasteiger partial charge in [0, 0.05) is 34.2 Å². The van der Waals surface area contributed by atoms with Crippen molar-refractivity contribution in [3.8, 4) is 11.5 Å². The summed E-state index contributed by atoms with van der Waals surface area (Å²) in [4.78, 5) is 14.9. The van der Waals surface area contributed by atoms with Crippen molar-refractivity contribution in [1.29, 1.82) is 0 Å². The lowest BCUT2D eigenvalue weighted by atomic mass is 10.1. The maximum atomic E-state index is 13.2. The molecule has 32 heavy (non-hydrogen) atoms. The molecule has 0 heterocycles. The van der Waals surface area contributed by atoms with E-state index in [4.69, 9.17) is 44.3 Å². The number of carbonyl (C=O) groups excluding carboxylic acids is 1. The van der Waals surface area contributed by atoms with E-state index in [-0.39, 0.29) is 6.03 Å². The molecule has 3 aromatic carbocycles. The van der Waals surface area contributed by atoms with Gasteiger partial charge in [0.15, 0.2) is 0 Å². The monoisotopic (exact) mass is 492 g/mol. The summed E-state index contributed by atoms with van der Waals surface area (Å²) < 4.78 is 10.6. The molecule has 0 saturated carbocycles. The Balaban J connectivity index is 1.82. The molecule has 0 aromatic heterocycles. The Morgan fingerprint density at radius 1 is 0.906 bits per heavy atom. The van der Waals surface area contributed by atoms with E-state index in [0.29, 0.717) is 51.8 Å². The number of anilines is 1. The molecule has 0 aliphatic heterocycles. The van der Waals surface area contributed by atoms with Crippen LogP contribution in [0, 0.1) is 0 Å². The Kier molecular flexibility index (Phi) is 8.51. The Morgan fingerprint density at radius 3 is 2.38 bits per heavy atom. The second-order valence-electron chi connectivity index (χ2n) is 7.00. The molecule has 0 fully saturated rings. The van der Waals surface area contributed by atoms with Crippen molar-refractivity contribution in [3.05, 3.63) is 86.9 Å².